The van der Waals surface area contributed by atoms with Gasteiger partial charge in [-0.2, -0.15) is 10.1 Å². The van der Waals surface area contributed by atoms with Gasteiger partial charge < -0.3 is 9.26 Å². The van der Waals surface area contributed by atoms with Crippen LogP contribution in [0.2, 0.25) is 0 Å². The molecular weight excluding hydrogens is 320 g/mol. The first-order valence-electron chi connectivity index (χ1n) is 8.76. The summed E-state index contributed by atoms with van der Waals surface area (Å²) in [7, 11) is 0. The fourth-order valence-electron chi connectivity index (χ4n) is 2.65. The lowest BCUT2D eigenvalue weighted by atomic mass is 10.1. The Balaban J connectivity index is 1.92. The van der Waals surface area contributed by atoms with Gasteiger partial charge in [0.25, 0.3) is 5.89 Å². The molecule has 2 aromatic heterocycles. The van der Waals surface area contributed by atoms with Crippen molar-refractivity contribution in [3.63, 3.8) is 0 Å². The Morgan fingerprint density at radius 1 is 1.20 bits per heavy atom. The molecule has 0 N–H and O–H groups in total. The van der Waals surface area contributed by atoms with Crippen LogP contribution >= 0.6 is 0 Å². The molecule has 7 nitrogen and oxygen atoms in total. The highest BCUT2D eigenvalue weighted by molar-refractivity contribution is 5.73. The maximum atomic E-state index is 12.2. The number of aryl methyl sites for hydroxylation is 1. The van der Waals surface area contributed by atoms with Crippen LogP contribution in [0.4, 0.5) is 0 Å². The van der Waals surface area contributed by atoms with E-state index in [2.05, 4.69) is 42.9 Å². The molecule has 0 aliphatic carbocycles. The zero-order valence-electron chi connectivity index (χ0n) is 16.0. The summed E-state index contributed by atoms with van der Waals surface area (Å²) in [6, 6.07) is 0. The van der Waals surface area contributed by atoms with Crippen LogP contribution in [0.3, 0.4) is 0 Å². The predicted octanol–water partition coefficient (Wildman–Crippen LogP) is 3.02. The zero-order chi connectivity index (χ0) is 18.6. The molecule has 0 bridgehead atoms. The molecule has 7 heteroatoms. The summed E-state index contributed by atoms with van der Waals surface area (Å²) in [5, 5.41) is 8.41. The molecule has 0 saturated heterocycles. The second-order valence-electron chi connectivity index (χ2n) is 7.27. The first-order valence-corrected chi connectivity index (χ1v) is 8.76. The Bertz CT molecular complexity index is 716. The van der Waals surface area contributed by atoms with E-state index in [4.69, 9.17) is 9.26 Å². The zero-order valence-corrected chi connectivity index (χ0v) is 16.0. The average molecular weight is 348 g/mol. The van der Waals surface area contributed by atoms with Crippen LogP contribution in [0.1, 0.15) is 56.4 Å². The first kappa shape index (κ1) is 19.1. The summed E-state index contributed by atoms with van der Waals surface area (Å²) < 4.78 is 12.3. The van der Waals surface area contributed by atoms with Crippen molar-refractivity contribution in [2.45, 2.75) is 67.5 Å². The molecule has 2 rings (SSSR count). The highest BCUT2D eigenvalue weighted by Crippen LogP contribution is 2.16. The molecule has 2 heterocycles. The predicted molar refractivity (Wildman–Crippen MR) is 92.9 cm³/mol. The Morgan fingerprint density at radius 2 is 1.92 bits per heavy atom. The number of ether oxygens (including phenoxy) is 1. The third kappa shape index (κ3) is 5.41. The van der Waals surface area contributed by atoms with Gasteiger partial charge in [0.1, 0.15) is 0 Å². The maximum Gasteiger partial charge on any atom is 0.310 e. The number of rotatable bonds is 8. The summed E-state index contributed by atoms with van der Waals surface area (Å²) in [5.74, 6) is 1.59. The van der Waals surface area contributed by atoms with Gasteiger partial charge in [-0.25, -0.2) is 0 Å². The van der Waals surface area contributed by atoms with E-state index in [-0.39, 0.29) is 19.0 Å². The molecule has 0 aliphatic heterocycles. The Labute approximate surface area is 148 Å². The van der Waals surface area contributed by atoms with Gasteiger partial charge in [0.15, 0.2) is 12.4 Å². The third-order valence-electron chi connectivity index (χ3n) is 3.85. The number of aromatic nitrogens is 4. The van der Waals surface area contributed by atoms with Gasteiger partial charge in [0.2, 0.25) is 0 Å². The molecule has 0 amide bonds. The van der Waals surface area contributed by atoms with E-state index < -0.39 is 0 Å². The summed E-state index contributed by atoms with van der Waals surface area (Å²) in [6.45, 7) is 13.2. The lowest BCUT2D eigenvalue weighted by Gasteiger charge is -2.08. The lowest BCUT2D eigenvalue weighted by Crippen LogP contribution is -2.11. The number of esters is 1. The number of nitrogens with zero attached hydrogens (tertiary/aromatic N) is 4. The van der Waals surface area contributed by atoms with Crippen LogP contribution in [0, 0.1) is 25.7 Å². The molecular formula is C18H28N4O3. The SMILES string of the molecule is Cc1nn(CC(C)C)c(C)c1CC(=O)OCc1nc(CC(C)C)no1. The van der Waals surface area contributed by atoms with Crippen molar-refractivity contribution in [2.75, 3.05) is 0 Å². The third-order valence-corrected chi connectivity index (χ3v) is 3.85. The minimum Gasteiger partial charge on any atom is -0.455 e. The highest BCUT2D eigenvalue weighted by Gasteiger charge is 2.17. The van der Waals surface area contributed by atoms with E-state index in [1.54, 1.807) is 0 Å². The maximum absolute atomic E-state index is 12.2. The van der Waals surface area contributed by atoms with Crippen LogP contribution in [0.15, 0.2) is 4.52 Å². The van der Waals surface area contributed by atoms with Gasteiger partial charge in [-0.3, -0.25) is 9.48 Å². The number of hydrogen-bond donors (Lipinski definition) is 0. The summed E-state index contributed by atoms with van der Waals surface area (Å²) in [5.41, 5.74) is 2.81. The van der Waals surface area contributed by atoms with E-state index in [1.165, 1.54) is 0 Å². The van der Waals surface area contributed by atoms with Crippen molar-refractivity contribution < 1.29 is 14.1 Å². The molecule has 0 unspecified atom stereocenters. The quantitative estimate of drug-likeness (QED) is 0.682. The molecule has 25 heavy (non-hydrogen) atoms. The molecule has 0 aromatic carbocycles. The smallest absolute Gasteiger partial charge is 0.310 e. The Hall–Kier alpha value is -2.18. The highest BCUT2D eigenvalue weighted by atomic mass is 16.6. The van der Waals surface area contributed by atoms with Crippen molar-refractivity contribution >= 4 is 5.97 Å². The number of hydrogen-bond acceptors (Lipinski definition) is 6. The topological polar surface area (TPSA) is 83.0 Å². The minimum atomic E-state index is -0.320. The van der Waals surface area contributed by atoms with E-state index in [1.807, 2.05) is 18.5 Å². The van der Waals surface area contributed by atoms with Crippen molar-refractivity contribution in [1.29, 1.82) is 0 Å². The number of carbonyl (C=O) groups is 1. The van der Waals surface area contributed by atoms with E-state index in [9.17, 15) is 4.79 Å². The Morgan fingerprint density at radius 3 is 2.56 bits per heavy atom. The van der Waals surface area contributed by atoms with Gasteiger partial charge in [0.05, 0.1) is 12.1 Å². The normalized spacial score (nSPS) is 11.5. The molecule has 0 saturated carbocycles. The largest absolute Gasteiger partial charge is 0.455 e. The van der Waals surface area contributed by atoms with Crippen LogP contribution in [0.5, 0.6) is 0 Å². The fraction of sp³-hybridized carbons (Fsp3) is 0.667. The van der Waals surface area contributed by atoms with Crippen LogP contribution in [0.25, 0.3) is 0 Å². The molecule has 0 spiro atoms. The van der Waals surface area contributed by atoms with Crippen LogP contribution in [-0.4, -0.2) is 25.9 Å². The Kier molecular flexibility index (Phi) is 6.33. The van der Waals surface area contributed by atoms with Crippen LogP contribution < -0.4 is 0 Å². The van der Waals surface area contributed by atoms with Gasteiger partial charge in [-0.05, 0) is 25.7 Å². The average Bonchev–Trinajstić information content (AvgIpc) is 3.04. The number of carbonyl (C=O) groups excluding carboxylic acids is 1. The summed E-state index contributed by atoms with van der Waals surface area (Å²) >= 11 is 0. The van der Waals surface area contributed by atoms with E-state index in [0.29, 0.717) is 23.6 Å². The molecule has 0 atom stereocenters. The fourth-order valence-corrected chi connectivity index (χ4v) is 2.65. The minimum absolute atomic E-state index is 0.00214. The van der Waals surface area contributed by atoms with Crippen molar-refractivity contribution in [3.05, 3.63) is 28.7 Å². The second kappa shape index (κ2) is 8.27. The van der Waals surface area contributed by atoms with Gasteiger partial charge in [0, 0.05) is 24.2 Å². The molecule has 138 valence electrons. The molecule has 0 radical (unpaired) electrons. The lowest BCUT2D eigenvalue weighted by molar-refractivity contribution is -0.144. The standard InChI is InChI=1S/C18H28N4O3/c1-11(2)7-16-19-17(25-21-16)10-24-18(23)8-15-13(5)20-22(14(15)6)9-12(3)4/h11-12H,7-10H2,1-6H3. The van der Waals surface area contributed by atoms with Gasteiger partial charge >= 0.3 is 5.97 Å². The summed E-state index contributed by atoms with van der Waals surface area (Å²) in [6.07, 6.45) is 0.938. The molecule has 0 aliphatic rings. The van der Waals surface area contributed by atoms with Crippen molar-refractivity contribution in [3.8, 4) is 0 Å². The van der Waals surface area contributed by atoms with Crippen molar-refractivity contribution in [2.24, 2.45) is 11.8 Å². The van der Waals surface area contributed by atoms with E-state index >= 15 is 0 Å². The molecule has 2 aromatic rings. The van der Waals surface area contributed by atoms with Crippen molar-refractivity contribution in [1.82, 2.24) is 19.9 Å². The van der Waals surface area contributed by atoms with E-state index in [0.717, 1.165) is 29.9 Å². The second-order valence-corrected chi connectivity index (χ2v) is 7.27. The summed E-state index contributed by atoms with van der Waals surface area (Å²) in [4.78, 5) is 16.4. The van der Waals surface area contributed by atoms with Gasteiger partial charge in [-0.15, -0.1) is 0 Å². The van der Waals surface area contributed by atoms with Crippen LogP contribution in [-0.2, 0) is 35.5 Å². The first-order chi connectivity index (χ1) is 11.8. The molecule has 0 fully saturated rings. The monoisotopic (exact) mass is 348 g/mol. The van der Waals surface area contributed by atoms with Gasteiger partial charge in [-0.1, -0.05) is 32.9 Å².